The van der Waals surface area contributed by atoms with Gasteiger partial charge in [0.2, 0.25) is 16.4 Å². The molecule has 0 bridgehead atoms. The Kier molecular flexibility index (Phi) is 10.3. The zero-order valence-corrected chi connectivity index (χ0v) is 27.6. The molecule has 0 saturated carbocycles. The first-order valence-corrected chi connectivity index (χ1v) is 16.8. The highest BCUT2D eigenvalue weighted by atomic mass is 32.2. The number of aromatic nitrogens is 1. The smallest absolute Gasteiger partial charge is 0.410 e. The summed E-state index contributed by atoms with van der Waals surface area (Å²) in [5.41, 5.74) is 1.58. The summed E-state index contributed by atoms with van der Waals surface area (Å²) in [6, 6.07) is 16.0. The van der Waals surface area contributed by atoms with E-state index in [4.69, 9.17) is 9.57 Å². The number of hydrogen-bond donors (Lipinski definition) is 3. The number of pyridine rings is 1. The van der Waals surface area contributed by atoms with E-state index in [1.54, 1.807) is 49.2 Å². The van der Waals surface area contributed by atoms with Crippen molar-refractivity contribution in [2.24, 2.45) is 5.16 Å². The number of nitrogens with zero attached hydrogens (tertiary/aromatic N) is 4. The van der Waals surface area contributed by atoms with E-state index in [1.807, 2.05) is 43.3 Å². The number of nitrogens with one attached hydrogen (secondary N) is 2. The lowest BCUT2D eigenvalue weighted by molar-refractivity contribution is -0.139. The second kappa shape index (κ2) is 14.4. The van der Waals surface area contributed by atoms with Gasteiger partial charge in [0.15, 0.2) is 11.4 Å². The van der Waals surface area contributed by atoms with E-state index in [9.17, 15) is 27.9 Å². The van der Waals surface area contributed by atoms with Crippen LogP contribution in [0.3, 0.4) is 0 Å². The number of rotatable bonds is 12. The summed E-state index contributed by atoms with van der Waals surface area (Å²) in [4.78, 5) is 50.6. The van der Waals surface area contributed by atoms with Crippen LogP contribution < -0.4 is 10.0 Å². The van der Waals surface area contributed by atoms with Crippen LogP contribution in [0.15, 0.2) is 76.9 Å². The molecule has 1 aromatic heterocycles. The summed E-state index contributed by atoms with van der Waals surface area (Å²) in [5, 5.41) is 17.3. The molecule has 14 nitrogen and oxygen atoms in total. The summed E-state index contributed by atoms with van der Waals surface area (Å²) in [6.07, 6.45) is 1.84. The van der Waals surface area contributed by atoms with Crippen molar-refractivity contribution in [2.45, 2.75) is 62.8 Å². The third-order valence-electron chi connectivity index (χ3n) is 8.26. The second-order valence-electron chi connectivity index (χ2n) is 12.1. The standard InChI is InChI=1S/C33H38N6O8S/c1-22-13-23(2)30(24(3)14-22)48(44,45)37-27(31(41)42)18-38(21-40)29-16-33(47-36-29)15-26(17-35-28-11-7-8-12-34-28)39(20-33)32(43)46-19-25-9-5-4-6-10-25/h4-14,21,26-27,37H,15-20H2,1-3H3,(H,34,35)(H,41,42)/t26?,27?,33-/m0/s1. The molecule has 2 aliphatic heterocycles. The summed E-state index contributed by atoms with van der Waals surface area (Å²) < 4.78 is 34.6. The van der Waals surface area contributed by atoms with Crippen molar-refractivity contribution < 1.29 is 37.5 Å². The molecule has 254 valence electrons. The maximum atomic E-state index is 13.4. The van der Waals surface area contributed by atoms with Gasteiger partial charge in [0.1, 0.15) is 18.5 Å². The minimum absolute atomic E-state index is 0.0203. The third-order valence-corrected chi connectivity index (χ3v) is 10.0. The molecule has 1 saturated heterocycles. The Bertz CT molecular complexity index is 1770. The number of anilines is 1. The molecular formula is C33H38N6O8S. The van der Waals surface area contributed by atoms with Gasteiger partial charge in [-0.1, -0.05) is 59.3 Å². The highest BCUT2D eigenvalue weighted by molar-refractivity contribution is 7.89. The average molecular weight is 679 g/mol. The van der Waals surface area contributed by atoms with E-state index in [0.29, 0.717) is 36.3 Å². The monoisotopic (exact) mass is 678 g/mol. The van der Waals surface area contributed by atoms with Crippen molar-refractivity contribution in [3.05, 3.63) is 89.1 Å². The number of amides is 2. The molecule has 2 aliphatic rings. The van der Waals surface area contributed by atoms with Gasteiger partial charge in [0.05, 0.1) is 30.4 Å². The number of hydrogen-bond acceptors (Lipinski definition) is 10. The first-order chi connectivity index (χ1) is 22.9. The van der Waals surface area contributed by atoms with Crippen molar-refractivity contribution in [1.82, 2.24) is 19.5 Å². The van der Waals surface area contributed by atoms with Crippen LogP contribution in [-0.4, -0.2) is 89.9 Å². The number of ether oxygens (including phenoxy) is 1. The predicted molar refractivity (Wildman–Crippen MR) is 176 cm³/mol. The van der Waals surface area contributed by atoms with Crippen LogP contribution in [0.4, 0.5) is 10.6 Å². The second-order valence-corrected chi connectivity index (χ2v) is 13.7. The molecule has 0 aliphatic carbocycles. The van der Waals surface area contributed by atoms with Crippen LogP contribution >= 0.6 is 0 Å². The van der Waals surface area contributed by atoms with E-state index >= 15 is 0 Å². The average Bonchev–Trinajstić information content (AvgIpc) is 3.63. The van der Waals surface area contributed by atoms with E-state index in [0.717, 1.165) is 16.0 Å². The van der Waals surface area contributed by atoms with Gasteiger partial charge in [0, 0.05) is 19.2 Å². The number of carbonyl (C=O) groups is 3. The third kappa shape index (κ3) is 7.91. The Balaban J connectivity index is 1.29. The predicted octanol–water partition coefficient (Wildman–Crippen LogP) is 3.19. The van der Waals surface area contributed by atoms with E-state index in [2.05, 4.69) is 20.2 Å². The zero-order chi connectivity index (χ0) is 34.5. The fourth-order valence-electron chi connectivity index (χ4n) is 6.19. The number of oxime groups is 1. The Morgan fingerprint density at radius 1 is 1.15 bits per heavy atom. The number of sulfonamides is 1. The van der Waals surface area contributed by atoms with Crippen LogP contribution in [-0.2, 0) is 35.8 Å². The summed E-state index contributed by atoms with van der Waals surface area (Å²) >= 11 is 0. The van der Waals surface area contributed by atoms with Crippen molar-refractivity contribution in [2.75, 3.05) is 25.0 Å². The number of carbonyl (C=O) groups excluding carboxylic acids is 2. The van der Waals surface area contributed by atoms with Crippen molar-refractivity contribution in [3.8, 4) is 0 Å². The maximum absolute atomic E-state index is 13.4. The van der Waals surface area contributed by atoms with Crippen LogP contribution in [0.1, 0.15) is 35.1 Å². The Hall–Kier alpha value is -5.02. The molecule has 2 aromatic carbocycles. The van der Waals surface area contributed by atoms with Gasteiger partial charge < -0.3 is 20.0 Å². The van der Waals surface area contributed by atoms with Gasteiger partial charge in [-0.2, -0.15) is 4.72 Å². The molecule has 2 unspecified atom stereocenters. The molecule has 1 fully saturated rings. The molecule has 0 radical (unpaired) electrons. The van der Waals surface area contributed by atoms with E-state index < -0.39 is 46.3 Å². The fraction of sp³-hybridized carbons (Fsp3) is 0.364. The van der Waals surface area contributed by atoms with Gasteiger partial charge in [-0.3, -0.25) is 19.4 Å². The van der Waals surface area contributed by atoms with Gasteiger partial charge in [-0.15, -0.1) is 0 Å². The van der Waals surface area contributed by atoms with Crippen LogP contribution in [0.25, 0.3) is 0 Å². The molecule has 3 aromatic rings. The van der Waals surface area contributed by atoms with Crippen molar-refractivity contribution in [1.29, 1.82) is 0 Å². The van der Waals surface area contributed by atoms with Crippen molar-refractivity contribution in [3.63, 3.8) is 0 Å². The zero-order valence-electron chi connectivity index (χ0n) is 26.8. The molecule has 2 amide bonds. The van der Waals surface area contributed by atoms with Crippen LogP contribution in [0, 0.1) is 20.8 Å². The van der Waals surface area contributed by atoms with E-state index in [1.165, 1.54) is 0 Å². The molecule has 5 rings (SSSR count). The lowest BCUT2D eigenvalue weighted by atomic mass is 9.95. The number of amidine groups is 1. The van der Waals surface area contributed by atoms with Crippen LogP contribution in [0.5, 0.6) is 0 Å². The number of carboxylic acids is 1. The van der Waals surface area contributed by atoms with Gasteiger partial charge in [0.25, 0.3) is 0 Å². The first-order valence-electron chi connectivity index (χ1n) is 15.3. The lowest BCUT2D eigenvalue weighted by Gasteiger charge is -2.25. The molecular weight excluding hydrogens is 640 g/mol. The molecule has 48 heavy (non-hydrogen) atoms. The summed E-state index contributed by atoms with van der Waals surface area (Å²) in [5.74, 6) is -0.754. The fourth-order valence-corrected chi connectivity index (χ4v) is 7.82. The van der Waals surface area contributed by atoms with Gasteiger partial charge >= 0.3 is 12.1 Å². The summed E-state index contributed by atoms with van der Waals surface area (Å²) in [7, 11) is -4.28. The highest BCUT2D eigenvalue weighted by Gasteiger charge is 2.53. The van der Waals surface area contributed by atoms with Crippen LogP contribution in [0.2, 0.25) is 0 Å². The minimum Gasteiger partial charge on any atom is -0.480 e. The van der Waals surface area contributed by atoms with Crippen molar-refractivity contribution >= 4 is 40.1 Å². The number of benzene rings is 2. The number of likely N-dealkylation sites (tertiary alicyclic amines) is 1. The summed E-state index contributed by atoms with van der Waals surface area (Å²) in [6.45, 7) is 5.01. The minimum atomic E-state index is -4.28. The largest absolute Gasteiger partial charge is 0.480 e. The Labute approximate surface area is 278 Å². The van der Waals surface area contributed by atoms with E-state index in [-0.39, 0.29) is 30.3 Å². The SMILES string of the molecule is Cc1cc(C)c(S(=O)(=O)NC(CN(C=O)C2=NO[C@]3(C2)CC(CNc2ccccn2)N(C(=O)OCc2ccccc2)C3)C(=O)O)c(C)c1. The van der Waals surface area contributed by atoms with Gasteiger partial charge in [-0.05, 0) is 49.6 Å². The first kappa shape index (κ1) is 34.3. The normalized spacial score (nSPS) is 19.4. The number of carboxylic acid groups (broad SMARTS) is 1. The molecule has 3 heterocycles. The molecule has 3 N–H and O–H groups in total. The highest BCUT2D eigenvalue weighted by Crippen LogP contribution is 2.38. The lowest BCUT2D eigenvalue weighted by Crippen LogP contribution is -2.50. The molecule has 1 spiro atoms. The van der Waals surface area contributed by atoms with Gasteiger partial charge in [-0.25, -0.2) is 18.2 Å². The molecule has 15 heteroatoms. The Morgan fingerprint density at radius 2 is 1.85 bits per heavy atom. The quantitative estimate of drug-likeness (QED) is 0.241. The maximum Gasteiger partial charge on any atom is 0.410 e. The molecule has 3 atom stereocenters. The topological polar surface area (TPSA) is 180 Å². The number of aryl methyl sites for hydroxylation is 3. The number of aliphatic carboxylic acids is 1. The Morgan fingerprint density at radius 3 is 2.50 bits per heavy atom.